The maximum atomic E-state index is 12.4. The highest BCUT2D eigenvalue weighted by Crippen LogP contribution is 2.13. The minimum atomic E-state index is -4.05. The molecule has 0 atom stereocenters. The van der Waals surface area contributed by atoms with Crippen LogP contribution in [0.4, 0.5) is 0 Å². The summed E-state index contributed by atoms with van der Waals surface area (Å²) in [7, 11) is -2.88. The Morgan fingerprint density at radius 3 is 2.29 bits per heavy atom. The van der Waals surface area contributed by atoms with E-state index in [2.05, 4.69) is 4.74 Å². The number of carbonyl (C=O) groups excluding carboxylic acids is 1. The Bertz CT molecular complexity index is 834. The molecule has 0 aliphatic heterocycles. The zero-order valence-electron chi connectivity index (χ0n) is 11.4. The van der Waals surface area contributed by atoms with Crippen LogP contribution in [0.5, 0.6) is 0 Å². The first-order chi connectivity index (χ1) is 9.86. The summed E-state index contributed by atoms with van der Waals surface area (Å²) in [6, 6.07) is 8.29. The number of benzene rings is 1. The van der Waals surface area contributed by atoms with Crippen molar-refractivity contribution in [1.29, 1.82) is 0 Å². The predicted octanol–water partition coefficient (Wildman–Crippen LogP) is 1.18. The Labute approximate surface area is 121 Å². The van der Waals surface area contributed by atoms with Crippen molar-refractivity contribution >= 4 is 16.0 Å². The zero-order valence-corrected chi connectivity index (χ0v) is 12.3. The molecule has 0 fully saturated rings. The van der Waals surface area contributed by atoms with E-state index in [1.54, 1.807) is 12.1 Å². The number of esters is 1. The van der Waals surface area contributed by atoms with E-state index in [1.165, 1.54) is 25.3 Å². The summed E-state index contributed by atoms with van der Waals surface area (Å²) in [4.78, 5) is 23.2. The molecule has 0 radical (unpaired) electrons. The van der Waals surface area contributed by atoms with E-state index in [1.807, 2.05) is 6.92 Å². The summed E-state index contributed by atoms with van der Waals surface area (Å²) in [5.41, 5.74) is 0.126. The molecule has 7 heteroatoms. The highest BCUT2D eigenvalue weighted by atomic mass is 32.2. The molecule has 0 saturated carbocycles. The number of carbonyl (C=O) groups is 1. The van der Waals surface area contributed by atoms with Crippen molar-refractivity contribution in [2.45, 2.75) is 11.8 Å². The summed E-state index contributed by atoms with van der Waals surface area (Å²) in [6.07, 6.45) is 0.962. The largest absolute Gasteiger partial charge is 0.465 e. The van der Waals surface area contributed by atoms with Gasteiger partial charge in [0.15, 0.2) is 0 Å². The molecule has 1 aromatic heterocycles. The molecule has 1 heterocycles. The number of hydrogen-bond acceptors (Lipinski definition) is 5. The number of hydrogen-bond donors (Lipinski definition) is 0. The smallest absolute Gasteiger partial charge is 0.339 e. The second-order valence-electron chi connectivity index (χ2n) is 4.36. The van der Waals surface area contributed by atoms with E-state index in [0.29, 0.717) is 3.97 Å². The normalized spacial score (nSPS) is 11.1. The number of aryl methyl sites for hydroxylation is 1. The van der Waals surface area contributed by atoms with Crippen molar-refractivity contribution in [1.82, 2.24) is 3.97 Å². The molecule has 0 bridgehead atoms. The summed E-state index contributed by atoms with van der Waals surface area (Å²) >= 11 is 0. The van der Waals surface area contributed by atoms with Crippen LogP contribution in [0.2, 0.25) is 0 Å². The van der Waals surface area contributed by atoms with Gasteiger partial charge >= 0.3 is 5.97 Å². The Kier molecular flexibility index (Phi) is 3.95. The van der Waals surface area contributed by atoms with E-state index in [9.17, 15) is 18.0 Å². The fourth-order valence-corrected chi connectivity index (χ4v) is 2.97. The van der Waals surface area contributed by atoms with Crippen LogP contribution in [0.25, 0.3) is 0 Å². The minimum absolute atomic E-state index is 0.0206. The molecular weight excluding hydrogens is 294 g/mol. The van der Waals surface area contributed by atoms with Gasteiger partial charge < -0.3 is 4.74 Å². The first-order valence-electron chi connectivity index (χ1n) is 5.99. The fraction of sp³-hybridized carbons (Fsp3) is 0.143. The van der Waals surface area contributed by atoms with E-state index >= 15 is 0 Å². The molecule has 6 nitrogen and oxygen atoms in total. The molecule has 2 aromatic rings. The Balaban J connectivity index is 2.62. The van der Waals surface area contributed by atoms with Gasteiger partial charge in [-0.1, -0.05) is 17.7 Å². The van der Waals surface area contributed by atoms with E-state index in [-0.39, 0.29) is 10.5 Å². The number of pyridine rings is 1. The predicted molar refractivity (Wildman–Crippen MR) is 75.8 cm³/mol. The topological polar surface area (TPSA) is 82.4 Å². The maximum Gasteiger partial charge on any atom is 0.339 e. The lowest BCUT2D eigenvalue weighted by Gasteiger charge is -2.09. The molecule has 0 aliphatic rings. The number of rotatable bonds is 3. The Morgan fingerprint density at radius 1 is 1.10 bits per heavy atom. The lowest BCUT2D eigenvalue weighted by Crippen LogP contribution is -2.27. The summed E-state index contributed by atoms with van der Waals surface area (Å²) in [6.45, 7) is 1.82. The van der Waals surface area contributed by atoms with Gasteiger partial charge in [-0.25, -0.2) is 17.2 Å². The second-order valence-corrected chi connectivity index (χ2v) is 6.18. The van der Waals surface area contributed by atoms with Crippen LogP contribution in [-0.2, 0) is 14.8 Å². The molecule has 0 N–H and O–H groups in total. The highest BCUT2D eigenvalue weighted by Gasteiger charge is 2.19. The monoisotopic (exact) mass is 307 g/mol. The average molecular weight is 307 g/mol. The van der Waals surface area contributed by atoms with Crippen molar-refractivity contribution in [2.75, 3.05) is 7.11 Å². The Morgan fingerprint density at radius 2 is 1.71 bits per heavy atom. The van der Waals surface area contributed by atoms with Gasteiger partial charge in [0.1, 0.15) is 0 Å². The van der Waals surface area contributed by atoms with Gasteiger partial charge in [-0.05, 0) is 25.1 Å². The maximum absolute atomic E-state index is 12.4. The standard InChI is InChI=1S/C14H13NO5S/c1-10-3-6-12(7-4-10)21(18,19)15-9-11(14(17)20-2)5-8-13(15)16/h3-9H,1-2H3. The lowest BCUT2D eigenvalue weighted by atomic mass is 10.2. The summed E-state index contributed by atoms with van der Waals surface area (Å²) in [5.74, 6) is -0.720. The van der Waals surface area contributed by atoms with E-state index in [4.69, 9.17) is 0 Å². The third-order valence-electron chi connectivity index (χ3n) is 2.88. The van der Waals surface area contributed by atoms with Crippen LogP contribution in [0, 0.1) is 6.92 Å². The molecule has 0 unspecified atom stereocenters. The molecule has 0 amide bonds. The van der Waals surface area contributed by atoms with Gasteiger partial charge in [0.25, 0.3) is 15.6 Å². The second kappa shape index (κ2) is 5.53. The summed E-state index contributed by atoms with van der Waals surface area (Å²) in [5, 5.41) is 0. The Hall–Kier alpha value is -2.41. The van der Waals surface area contributed by atoms with Crippen LogP contribution < -0.4 is 5.56 Å². The van der Waals surface area contributed by atoms with Gasteiger partial charge in [-0.2, -0.15) is 0 Å². The SMILES string of the molecule is COC(=O)c1ccc(=O)n(S(=O)(=O)c2ccc(C)cc2)c1. The van der Waals surface area contributed by atoms with E-state index in [0.717, 1.165) is 17.8 Å². The van der Waals surface area contributed by atoms with Gasteiger partial charge in [0.05, 0.1) is 17.6 Å². The molecule has 110 valence electrons. The first kappa shape index (κ1) is 15.0. The number of aromatic nitrogens is 1. The van der Waals surface area contributed by atoms with Gasteiger partial charge in [0, 0.05) is 12.3 Å². The fourth-order valence-electron chi connectivity index (χ4n) is 1.72. The van der Waals surface area contributed by atoms with Crippen LogP contribution in [0.1, 0.15) is 15.9 Å². The third kappa shape index (κ3) is 2.87. The van der Waals surface area contributed by atoms with Crippen LogP contribution in [0.3, 0.4) is 0 Å². The number of nitrogens with zero attached hydrogens (tertiary/aromatic N) is 1. The van der Waals surface area contributed by atoms with Crippen molar-refractivity contribution in [3.05, 3.63) is 64.1 Å². The van der Waals surface area contributed by atoms with Crippen molar-refractivity contribution < 1.29 is 17.9 Å². The quantitative estimate of drug-likeness (QED) is 0.795. The molecule has 21 heavy (non-hydrogen) atoms. The minimum Gasteiger partial charge on any atom is -0.465 e. The molecule has 0 spiro atoms. The lowest BCUT2D eigenvalue weighted by molar-refractivity contribution is 0.0600. The zero-order chi connectivity index (χ0) is 15.6. The first-order valence-corrected chi connectivity index (χ1v) is 7.43. The van der Waals surface area contributed by atoms with Gasteiger partial charge in [-0.15, -0.1) is 0 Å². The van der Waals surface area contributed by atoms with E-state index < -0.39 is 21.6 Å². The van der Waals surface area contributed by atoms with Crippen LogP contribution in [0.15, 0.2) is 52.3 Å². The van der Waals surface area contributed by atoms with Crippen molar-refractivity contribution in [3.63, 3.8) is 0 Å². The average Bonchev–Trinajstić information content (AvgIpc) is 2.47. The van der Waals surface area contributed by atoms with Crippen molar-refractivity contribution in [2.24, 2.45) is 0 Å². The number of ether oxygens (including phenoxy) is 1. The molecule has 0 saturated heterocycles. The van der Waals surface area contributed by atoms with Gasteiger partial charge in [-0.3, -0.25) is 4.79 Å². The molecule has 1 aromatic carbocycles. The van der Waals surface area contributed by atoms with Crippen LogP contribution >= 0.6 is 0 Å². The number of methoxy groups -OCH3 is 1. The van der Waals surface area contributed by atoms with Crippen molar-refractivity contribution in [3.8, 4) is 0 Å². The molecule has 0 aliphatic carbocycles. The van der Waals surface area contributed by atoms with Gasteiger partial charge in [0.2, 0.25) is 0 Å². The third-order valence-corrected chi connectivity index (χ3v) is 4.55. The highest BCUT2D eigenvalue weighted by molar-refractivity contribution is 7.90. The summed E-state index contributed by atoms with van der Waals surface area (Å²) < 4.78 is 29.9. The molecular formula is C14H13NO5S. The van der Waals surface area contributed by atoms with Crippen LogP contribution in [-0.4, -0.2) is 25.5 Å². The molecule has 2 rings (SSSR count).